The minimum Gasteiger partial charge on any atom is -0.496 e. The van der Waals surface area contributed by atoms with Crippen LogP contribution in [-0.4, -0.2) is 71.4 Å². The molecular weight excluding hydrogens is 526 g/mol. The monoisotopic (exact) mass is 561 g/mol. The Morgan fingerprint density at radius 1 is 1.20 bits per heavy atom. The van der Waals surface area contributed by atoms with Crippen LogP contribution in [0.4, 0.5) is 0 Å². The minimum absolute atomic E-state index is 0.0301. The minimum atomic E-state index is -0.457. The number of amides is 3. The number of hydrogen-bond acceptors (Lipinski definition) is 7. The number of methoxy groups -OCH3 is 1. The molecule has 1 fully saturated rings. The molecule has 0 radical (unpaired) electrons. The van der Waals surface area contributed by atoms with Gasteiger partial charge in [-0.1, -0.05) is 6.07 Å². The topological polar surface area (TPSA) is 124 Å². The van der Waals surface area contributed by atoms with Crippen molar-refractivity contribution in [3.63, 3.8) is 0 Å². The van der Waals surface area contributed by atoms with Gasteiger partial charge in [0, 0.05) is 68.6 Å². The van der Waals surface area contributed by atoms with E-state index in [2.05, 4.69) is 15.7 Å². The molecular formula is C30H35N5O6. The van der Waals surface area contributed by atoms with Gasteiger partial charge in [0.2, 0.25) is 5.91 Å². The summed E-state index contributed by atoms with van der Waals surface area (Å²) in [5, 5.41) is 10.1. The van der Waals surface area contributed by atoms with E-state index < -0.39 is 6.04 Å². The maximum absolute atomic E-state index is 13.4. The van der Waals surface area contributed by atoms with Crippen LogP contribution < -0.4 is 24.8 Å². The van der Waals surface area contributed by atoms with Crippen molar-refractivity contribution in [3.8, 4) is 17.2 Å². The summed E-state index contributed by atoms with van der Waals surface area (Å²) < 4.78 is 19.5. The van der Waals surface area contributed by atoms with Crippen molar-refractivity contribution in [2.45, 2.75) is 51.4 Å². The number of likely N-dealkylation sites (tertiary alicyclic amines) is 1. The predicted octanol–water partition coefficient (Wildman–Crippen LogP) is 2.47. The molecule has 3 aromatic rings. The molecule has 1 saturated heterocycles. The summed E-state index contributed by atoms with van der Waals surface area (Å²) in [4.78, 5) is 40.8. The van der Waals surface area contributed by atoms with E-state index in [-0.39, 0.29) is 37.0 Å². The fourth-order valence-electron chi connectivity index (χ4n) is 5.08. The van der Waals surface area contributed by atoms with E-state index in [0.717, 1.165) is 11.1 Å². The molecule has 3 amide bonds. The van der Waals surface area contributed by atoms with Crippen molar-refractivity contribution >= 4 is 17.7 Å². The maximum atomic E-state index is 13.4. The van der Waals surface area contributed by atoms with Gasteiger partial charge in [0.1, 0.15) is 23.4 Å². The quantitative estimate of drug-likeness (QED) is 0.491. The summed E-state index contributed by atoms with van der Waals surface area (Å²) >= 11 is 0. The van der Waals surface area contributed by atoms with Crippen molar-refractivity contribution in [1.82, 2.24) is 25.3 Å². The first kappa shape index (κ1) is 28.0. The third kappa shape index (κ3) is 6.97. The molecule has 0 saturated carbocycles. The second-order valence-corrected chi connectivity index (χ2v) is 10.3. The van der Waals surface area contributed by atoms with Crippen LogP contribution in [0.15, 0.2) is 54.9 Å². The highest BCUT2D eigenvalue weighted by atomic mass is 16.5. The molecule has 2 atom stereocenters. The summed E-state index contributed by atoms with van der Waals surface area (Å²) in [6.45, 7) is 3.41. The van der Waals surface area contributed by atoms with Gasteiger partial charge in [-0.15, -0.1) is 0 Å². The van der Waals surface area contributed by atoms with Gasteiger partial charge in [-0.3, -0.25) is 19.1 Å². The molecule has 2 N–H and O–H groups in total. The number of carbonyl (C=O) groups excluding carboxylic acids is 3. The number of aromatic nitrogens is 2. The number of rotatable bonds is 5. The molecule has 11 heteroatoms. The Labute approximate surface area is 238 Å². The van der Waals surface area contributed by atoms with Crippen LogP contribution in [-0.2, 0) is 22.7 Å². The van der Waals surface area contributed by atoms with E-state index in [1.165, 1.54) is 0 Å². The maximum Gasteiger partial charge on any atom is 0.258 e. The predicted molar refractivity (Wildman–Crippen MR) is 150 cm³/mol. The van der Waals surface area contributed by atoms with Crippen LogP contribution >= 0.6 is 0 Å². The lowest BCUT2D eigenvalue weighted by atomic mass is 10.00. The number of piperidine rings is 1. The van der Waals surface area contributed by atoms with Gasteiger partial charge in [-0.25, -0.2) is 0 Å². The van der Waals surface area contributed by atoms with Gasteiger partial charge >= 0.3 is 0 Å². The third-order valence-electron chi connectivity index (χ3n) is 7.39. The van der Waals surface area contributed by atoms with Gasteiger partial charge < -0.3 is 29.7 Å². The second kappa shape index (κ2) is 12.8. The van der Waals surface area contributed by atoms with E-state index in [0.29, 0.717) is 61.7 Å². The molecule has 0 unspecified atom stereocenters. The summed E-state index contributed by atoms with van der Waals surface area (Å²) in [6.07, 6.45) is 4.81. The highest BCUT2D eigenvalue weighted by molar-refractivity contribution is 5.95. The molecule has 0 spiro atoms. The number of fused-ring (bicyclic) bond motifs is 7. The van der Waals surface area contributed by atoms with E-state index >= 15 is 0 Å². The second-order valence-electron chi connectivity index (χ2n) is 10.3. The Balaban J connectivity index is 1.37. The van der Waals surface area contributed by atoms with Crippen LogP contribution in [0.5, 0.6) is 17.2 Å². The third-order valence-corrected chi connectivity index (χ3v) is 7.39. The molecule has 4 heterocycles. The number of nitrogens with one attached hydrogen (secondary N) is 2. The lowest BCUT2D eigenvalue weighted by Gasteiger charge is -2.39. The van der Waals surface area contributed by atoms with Crippen molar-refractivity contribution < 1.29 is 28.6 Å². The average Bonchev–Trinajstić information content (AvgIpc) is 3.50. The van der Waals surface area contributed by atoms with Crippen molar-refractivity contribution in [3.05, 3.63) is 71.5 Å². The molecule has 216 valence electrons. The molecule has 11 nitrogen and oxygen atoms in total. The zero-order valence-corrected chi connectivity index (χ0v) is 23.3. The molecule has 6 rings (SSSR count). The number of ether oxygens (including phenoxy) is 3. The largest absolute Gasteiger partial charge is 0.496 e. The summed E-state index contributed by atoms with van der Waals surface area (Å²) in [5.74, 6) is 1.01. The Morgan fingerprint density at radius 2 is 2.07 bits per heavy atom. The van der Waals surface area contributed by atoms with Gasteiger partial charge in [-0.05, 0) is 49.2 Å². The summed E-state index contributed by atoms with van der Waals surface area (Å²) in [7, 11) is 1.56. The summed E-state index contributed by atoms with van der Waals surface area (Å²) in [5.41, 5.74) is 1.98. The van der Waals surface area contributed by atoms with Crippen LogP contribution in [0, 0.1) is 6.92 Å². The first-order valence-electron chi connectivity index (χ1n) is 13.8. The Kier molecular flexibility index (Phi) is 8.71. The molecule has 41 heavy (non-hydrogen) atoms. The molecule has 3 aliphatic rings. The number of carbonyl (C=O) groups is 3. The van der Waals surface area contributed by atoms with Crippen LogP contribution in [0.1, 0.15) is 40.7 Å². The normalized spacial score (nSPS) is 19.2. The number of nitrogens with zero attached hydrogens (tertiary/aromatic N) is 3. The van der Waals surface area contributed by atoms with Gasteiger partial charge in [-0.2, -0.15) is 5.10 Å². The van der Waals surface area contributed by atoms with E-state index in [4.69, 9.17) is 14.2 Å². The molecule has 4 bridgehead atoms. The van der Waals surface area contributed by atoms with Crippen molar-refractivity contribution in [1.29, 1.82) is 0 Å². The highest BCUT2D eigenvalue weighted by Crippen LogP contribution is 2.28. The Hall–Kier alpha value is -4.54. The van der Waals surface area contributed by atoms with Crippen molar-refractivity contribution in [2.24, 2.45) is 0 Å². The van der Waals surface area contributed by atoms with E-state index in [1.54, 1.807) is 42.5 Å². The summed E-state index contributed by atoms with van der Waals surface area (Å²) in [6, 6.07) is 12.0. The van der Waals surface area contributed by atoms with Gasteiger partial charge in [0.25, 0.3) is 11.8 Å². The Bertz CT molecular complexity index is 1390. The number of aryl methyl sites for hydroxylation is 2. The molecule has 3 aliphatic heterocycles. The number of benzene rings is 2. The Morgan fingerprint density at radius 3 is 2.88 bits per heavy atom. The standard InChI is InChI=1S/C30H35N5O6/c1-20-6-7-21-15-26(20)40-19-28(36)31-17-22-8-9-23(16-27(22)39-2)41-25-10-14-34(18-24(25)33-30(21)38)29(37)5-3-12-35-13-4-11-32-35/h4,6-9,11,13,15-16,24-25H,3,5,10,12,14,17-19H2,1-2H3,(H,31,36)(H,33,38)/t24-,25+/m0/s1. The van der Waals surface area contributed by atoms with E-state index in [1.807, 2.05) is 36.0 Å². The van der Waals surface area contributed by atoms with E-state index in [9.17, 15) is 14.4 Å². The molecule has 1 aromatic heterocycles. The fourth-order valence-corrected chi connectivity index (χ4v) is 5.08. The van der Waals surface area contributed by atoms with Crippen molar-refractivity contribution in [2.75, 3.05) is 26.8 Å². The average molecular weight is 562 g/mol. The first-order valence-corrected chi connectivity index (χ1v) is 13.8. The lowest BCUT2D eigenvalue weighted by molar-refractivity contribution is -0.133. The highest BCUT2D eigenvalue weighted by Gasteiger charge is 2.34. The van der Waals surface area contributed by atoms with Crippen LogP contribution in [0.3, 0.4) is 0 Å². The van der Waals surface area contributed by atoms with Crippen LogP contribution in [0.25, 0.3) is 0 Å². The number of hydrogen-bond donors (Lipinski definition) is 2. The zero-order chi connectivity index (χ0) is 28.8. The van der Waals surface area contributed by atoms with Gasteiger partial charge in [0.15, 0.2) is 6.61 Å². The van der Waals surface area contributed by atoms with Gasteiger partial charge in [0.05, 0.1) is 13.2 Å². The lowest BCUT2D eigenvalue weighted by Crippen LogP contribution is -2.58. The van der Waals surface area contributed by atoms with Crippen LogP contribution in [0.2, 0.25) is 0 Å². The fraction of sp³-hybridized carbons (Fsp3) is 0.400. The first-order chi connectivity index (χ1) is 19.9. The molecule has 2 aromatic carbocycles. The SMILES string of the molecule is COc1cc2ccc1CNC(=O)COc1cc(ccc1C)C(=O)N[C@H]1CN(C(=O)CCCn3cccn3)CC[C@H]1O2. The smallest absolute Gasteiger partial charge is 0.258 e. The molecule has 0 aliphatic carbocycles. The zero-order valence-electron chi connectivity index (χ0n) is 23.3.